The predicted molar refractivity (Wildman–Crippen MR) is 97.5 cm³/mol. The van der Waals surface area contributed by atoms with Crippen LogP contribution in [0.4, 0.5) is 0 Å². The van der Waals surface area contributed by atoms with E-state index in [1.807, 2.05) is 30.3 Å². The summed E-state index contributed by atoms with van der Waals surface area (Å²) in [4.78, 5) is 12.3. The van der Waals surface area contributed by atoms with Gasteiger partial charge in [0.2, 0.25) is 5.91 Å². The molecule has 0 aromatic heterocycles. The molecule has 1 aliphatic carbocycles. The van der Waals surface area contributed by atoms with E-state index in [0.717, 1.165) is 37.2 Å². The lowest BCUT2D eigenvalue weighted by Gasteiger charge is -2.11. The van der Waals surface area contributed by atoms with Crippen LogP contribution in [0.2, 0.25) is 0 Å². The Bertz CT molecular complexity index is 708. The maximum atomic E-state index is 12.3. The van der Waals surface area contributed by atoms with Crippen LogP contribution in [0.3, 0.4) is 0 Å². The van der Waals surface area contributed by atoms with E-state index in [0.29, 0.717) is 18.6 Å². The van der Waals surface area contributed by atoms with Crippen molar-refractivity contribution in [3.8, 4) is 5.75 Å². The zero-order valence-corrected chi connectivity index (χ0v) is 14.3. The van der Waals surface area contributed by atoms with Gasteiger partial charge in [0.05, 0.1) is 0 Å². The maximum Gasteiger partial charge on any atom is 0.224 e. The van der Waals surface area contributed by atoms with Gasteiger partial charge in [0, 0.05) is 18.5 Å². The summed E-state index contributed by atoms with van der Waals surface area (Å²) in [5.41, 5.74) is 2.39. The van der Waals surface area contributed by atoms with Crippen LogP contribution in [-0.2, 0) is 11.4 Å². The van der Waals surface area contributed by atoms with Crippen LogP contribution in [0.25, 0.3) is 0 Å². The first-order valence-corrected chi connectivity index (χ1v) is 9.07. The van der Waals surface area contributed by atoms with Crippen LogP contribution in [0.5, 0.6) is 5.75 Å². The first-order valence-electron chi connectivity index (χ1n) is 9.07. The Labute approximate surface area is 148 Å². The van der Waals surface area contributed by atoms with Crippen molar-refractivity contribution in [2.24, 2.45) is 5.92 Å². The van der Waals surface area contributed by atoms with Crippen molar-refractivity contribution in [1.29, 1.82) is 0 Å². The van der Waals surface area contributed by atoms with Gasteiger partial charge in [-0.3, -0.25) is 4.79 Å². The highest BCUT2D eigenvalue weighted by molar-refractivity contribution is 5.83. The molecule has 4 nitrogen and oxygen atoms in total. The summed E-state index contributed by atoms with van der Waals surface area (Å²) in [5, 5.41) is 6.45. The van der Waals surface area contributed by atoms with Crippen molar-refractivity contribution in [2.75, 3.05) is 13.1 Å². The van der Waals surface area contributed by atoms with Gasteiger partial charge in [0.1, 0.15) is 12.4 Å². The normalized spacial score (nSPS) is 24.7. The quantitative estimate of drug-likeness (QED) is 0.853. The summed E-state index contributed by atoms with van der Waals surface area (Å²) < 4.78 is 5.82. The van der Waals surface area contributed by atoms with Gasteiger partial charge in [-0.1, -0.05) is 42.5 Å². The van der Waals surface area contributed by atoms with Crippen LogP contribution in [0.1, 0.15) is 29.9 Å². The molecule has 2 fully saturated rings. The molecule has 2 aromatic rings. The van der Waals surface area contributed by atoms with E-state index in [1.165, 1.54) is 5.56 Å². The van der Waals surface area contributed by atoms with Crippen molar-refractivity contribution in [3.05, 3.63) is 65.7 Å². The van der Waals surface area contributed by atoms with Crippen molar-refractivity contribution >= 4 is 5.91 Å². The lowest BCUT2D eigenvalue weighted by atomic mass is 10.1. The van der Waals surface area contributed by atoms with Crippen LogP contribution >= 0.6 is 0 Å². The zero-order valence-electron chi connectivity index (χ0n) is 14.3. The van der Waals surface area contributed by atoms with E-state index in [1.54, 1.807) is 0 Å². The SMILES string of the molecule is O=C(NC1CCNC1)C1CC1c1ccc(OCc2ccccc2)cc1. The lowest BCUT2D eigenvalue weighted by molar-refractivity contribution is -0.123. The van der Waals surface area contributed by atoms with Gasteiger partial charge in [0.25, 0.3) is 0 Å². The van der Waals surface area contributed by atoms with E-state index < -0.39 is 0 Å². The molecule has 130 valence electrons. The minimum atomic E-state index is 0.136. The number of amides is 1. The standard InChI is InChI=1S/C21H24N2O2/c24-21(23-17-10-11-22-13-17)20-12-19(20)16-6-8-18(9-7-16)25-14-15-4-2-1-3-5-15/h1-9,17,19-20,22H,10-14H2,(H,23,24). The largest absolute Gasteiger partial charge is 0.489 e. The van der Waals surface area contributed by atoms with E-state index in [-0.39, 0.29) is 11.8 Å². The number of ether oxygens (including phenoxy) is 1. The molecular formula is C21H24N2O2. The van der Waals surface area contributed by atoms with Gasteiger partial charge >= 0.3 is 0 Å². The molecule has 0 spiro atoms. The highest BCUT2D eigenvalue weighted by Crippen LogP contribution is 2.47. The van der Waals surface area contributed by atoms with Crippen LogP contribution in [0.15, 0.2) is 54.6 Å². The van der Waals surface area contributed by atoms with E-state index in [2.05, 4.69) is 34.9 Å². The summed E-state index contributed by atoms with van der Waals surface area (Å²) in [5.74, 6) is 1.57. The number of nitrogens with one attached hydrogen (secondary N) is 2. The Kier molecular flexibility index (Phi) is 4.70. The minimum Gasteiger partial charge on any atom is -0.489 e. The number of carbonyl (C=O) groups is 1. The van der Waals surface area contributed by atoms with Crippen molar-refractivity contribution in [3.63, 3.8) is 0 Å². The molecule has 4 heteroatoms. The number of benzene rings is 2. The molecular weight excluding hydrogens is 312 g/mol. The summed E-state index contributed by atoms with van der Waals surface area (Å²) >= 11 is 0. The molecule has 1 amide bonds. The minimum absolute atomic E-state index is 0.136. The highest BCUT2D eigenvalue weighted by Gasteiger charge is 2.44. The Morgan fingerprint density at radius 2 is 1.92 bits per heavy atom. The Hall–Kier alpha value is -2.33. The monoisotopic (exact) mass is 336 g/mol. The second kappa shape index (κ2) is 7.28. The fourth-order valence-corrected chi connectivity index (χ4v) is 3.49. The fraction of sp³-hybridized carbons (Fsp3) is 0.381. The molecule has 0 radical (unpaired) electrons. The Morgan fingerprint density at radius 3 is 2.64 bits per heavy atom. The van der Waals surface area contributed by atoms with Gasteiger partial charge in [-0.25, -0.2) is 0 Å². The molecule has 2 aromatic carbocycles. The molecule has 1 aliphatic heterocycles. The van der Waals surface area contributed by atoms with Crippen LogP contribution in [0, 0.1) is 5.92 Å². The van der Waals surface area contributed by atoms with E-state index >= 15 is 0 Å². The second-order valence-corrected chi connectivity index (χ2v) is 6.99. The van der Waals surface area contributed by atoms with Crippen LogP contribution in [-0.4, -0.2) is 25.0 Å². The smallest absolute Gasteiger partial charge is 0.224 e. The molecule has 1 heterocycles. The number of hydrogen-bond acceptors (Lipinski definition) is 3. The van der Waals surface area contributed by atoms with Crippen LogP contribution < -0.4 is 15.4 Å². The molecule has 1 saturated carbocycles. The van der Waals surface area contributed by atoms with E-state index in [9.17, 15) is 4.79 Å². The second-order valence-electron chi connectivity index (χ2n) is 6.99. The summed E-state index contributed by atoms with van der Waals surface area (Å²) in [6.45, 7) is 2.48. The van der Waals surface area contributed by atoms with Gasteiger partial charge in [0.15, 0.2) is 0 Å². The van der Waals surface area contributed by atoms with E-state index in [4.69, 9.17) is 4.74 Å². The summed E-state index contributed by atoms with van der Waals surface area (Å²) in [6, 6.07) is 18.7. The molecule has 4 rings (SSSR count). The molecule has 25 heavy (non-hydrogen) atoms. The van der Waals surface area contributed by atoms with Crippen molar-refractivity contribution in [1.82, 2.24) is 10.6 Å². The third kappa shape index (κ3) is 4.02. The van der Waals surface area contributed by atoms with Gasteiger partial charge in [-0.15, -0.1) is 0 Å². The third-order valence-electron chi connectivity index (χ3n) is 5.09. The Balaban J connectivity index is 1.28. The predicted octanol–water partition coefficient (Wildman–Crippen LogP) is 2.85. The van der Waals surface area contributed by atoms with Gasteiger partial charge in [-0.2, -0.15) is 0 Å². The molecule has 3 unspecified atom stereocenters. The summed E-state index contributed by atoms with van der Waals surface area (Å²) in [6.07, 6.45) is 1.99. The molecule has 0 bridgehead atoms. The van der Waals surface area contributed by atoms with Gasteiger partial charge < -0.3 is 15.4 Å². The maximum absolute atomic E-state index is 12.3. The molecule has 2 N–H and O–H groups in total. The lowest BCUT2D eigenvalue weighted by Crippen LogP contribution is -2.37. The zero-order chi connectivity index (χ0) is 17.1. The van der Waals surface area contributed by atoms with Gasteiger partial charge in [-0.05, 0) is 48.6 Å². The average Bonchev–Trinajstić information content (AvgIpc) is 3.30. The molecule has 1 saturated heterocycles. The highest BCUT2D eigenvalue weighted by atomic mass is 16.5. The number of hydrogen-bond donors (Lipinski definition) is 2. The van der Waals surface area contributed by atoms with Crippen molar-refractivity contribution < 1.29 is 9.53 Å². The average molecular weight is 336 g/mol. The first kappa shape index (κ1) is 16.2. The molecule has 3 atom stereocenters. The number of carbonyl (C=O) groups excluding carboxylic acids is 1. The number of rotatable bonds is 6. The van der Waals surface area contributed by atoms with Crippen molar-refractivity contribution in [2.45, 2.75) is 31.4 Å². The molecule has 2 aliphatic rings. The Morgan fingerprint density at radius 1 is 1.12 bits per heavy atom. The topological polar surface area (TPSA) is 50.4 Å². The summed E-state index contributed by atoms with van der Waals surface area (Å²) in [7, 11) is 0. The first-order chi connectivity index (χ1) is 12.3. The fourth-order valence-electron chi connectivity index (χ4n) is 3.49. The third-order valence-corrected chi connectivity index (χ3v) is 5.09.